The van der Waals surface area contributed by atoms with Crippen molar-refractivity contribution < 1.29 is 19.1 Å². The number of aromatic nitrogens is 2. The highest BCUT2D eigenvalue weighted by Crippen LogP contribution is 2.23. The number of benzene rings is 2. The Hall–Kier alpha value is -3.85. The second-order valence-corrected chi connectivity index (χ2v) is 9.63. The van der Waals surface area contributed by atoms with E-state index in [2.05, 4.69) is 32.5 Å². The highest BCUT2D eigenvalue weighted by Gasteiger charge is 2.34. The van der Waals surface area contributed by atoms with Gasteiger partial charge < -0.3 is 14.5 Å². The average Bonchev–Trinajstić information content (AvgIpc) is 2.91. The molecule has 2 amide bonds. The minimum Gasteiger partial charge on any atom is -0.458 e. The third kappa shape index (κ3) is 5.77. The van der Waals surface area contributed by atoms with Gasteiger partial charge in [-0.25, -0.2) is 14.8 Å². The number of aryl methyl sites for hydroxylation is 1. The summed E-state index contributed by atoms with van der Waals surface area (Å²) in [6.45, 7) is 8.07. The minimum atomic E-state index is -0.683. The number of rotatable bonds is 6. The van der Waals surface area contributed by atoms with Gasteiger partial charge in [0.15, 0.2) is 5.82 Å². The molecule has 0 saturated carbocycles. The van der Waals surface area contributed by atoms with E-state index in [4.69, 9.17) is 4.74 Å². The molecule has 1 aliphatic heterocycles. The number of piperazine rings is 1. The summed E-state index contributed by atoms with van der Waals surface area (Å²) >= 11 is 3.41. The summed E-state index contributed by atoms with van der Waals surface area (Å²) in [6, 6.07) is 16.3. The third-order valence-electron chi connectivity index (χ3n) is 6.11. The van der Waals surface area contributed by atoms with Gasteiger partial charge in [0.05, 0.1) is 5.69 Å². The van der Waals surface area contributed by atoms with Crippen molar-refractivity contribution in [3.8, 4) is 11.4 Å². The summed E-state index contributed by atoms with van der Waals surface area (Å²) < 4.78 is 6.07. The molecule has 1 aliphatic rings. The Morgan fingerprint density at radius 2 is 1.84 bits per heavy atom. The lowest BCUT2D eigenvalue weighted by molar-refractivity contribution is 0.0407. The van der Waals surface area contributed by atoms with Gasteiger partial charge in [0.2, 0.25) is 0 Å². The predicted molar refractivity (Wildman–Crippen MR) is 143 cm³/mol. The Morgan fingerprint density at radius 1 is 1.08 bits per heavy atom. The Bertz CT molecular complexity index is 1350. The van der Waals surface area contributed by atoms with Crippen molar-refractivity contribution in [2.24, 2.45) is 0 Å². The SMILES string of the molecule is C=CCOC(=O)c1c(C)nc(-c2ccccc2)nc1C(=O)N1CCN(C(=O)c2cccc(Br)c2)C(C)C1. The number of amides is 2. The van der Waals surface area contributed by atoms with Crippen LogP contribution in [0.25, 0.3) is 11.4 Å². The van der Waals surface area contributed by atoms with Crippen LogP contribution in [0.3, 0.4) is 0 Å². The van der Waals surface area contributed by atoms with Crippen LogP contribution in [-0.2, 0) is 4.74 Å². The molecule has 1 saturated heterocycles. The normalized spacial score (nSPS) is 15.3. The molecule has 4 rings (SSSR count). The lowest BCUT2D eigenvalue weighted by Crippen LogP contribution is -2.55. The van der Waals surface area contributed by atoms with Crippen LogP contribution in [0.1, 0.15) is 43.8 Å². The first-order chi connectivity index (χ1) is 17.8. The smallest absolute Gasteiger partial charge is 0.342 e. The zero-order chi connectivity index (χ0) is 26.5. The molecule has 0 bridgehead atoms. The molecule has 0 aliphatic carbocycles. The van der Waals surface area contributed by atoms with Gasteiger partial charge in [-0.2, -0.15) is 0 Å². The maximum Gasteiger partial charge on any atom is 0.342 e. The molecule has 0 radical (unpaired) electrons. The molecule has 0 N–H and O–H groups in total. The summed E-state index contributed by atoms with van der Waals surface area (Å²) in [6.07, 6.45) is 1.46. The third-order valence-corrected chi connectivity index (χ3v) is 6.60. The number of nitrogens with zero attached hydrogens (tertiary/aromatic N) is 4. The molecular formula is C28H27BrN4O4. The molecule has 1 fully saturated rings. The highest BCUT2D eigenvalue weighted by atomic mass is 79.9. The molecule has 2 aromatic carbocycles. The van der Waals surface area contributed by atoms with E-state index in [1.165, 1.54) is 6.08 Å². The predicted octanol–water partition coefficient (Wildman–Crippen LogP) is 4.54. The molecule has 3 aromatic rings. The van der Waals surface area contributed by atoms with Crippen molar-refractivity contribution in [1.82, 2.24) is 19.8 Å². The van der Waals surface area contributed by atoms with Crippen LogP contribution in [0.15, 0.2) is 71.7 Å². The molecule has 1 aromatic heterocycles. The maximum absolute atomic E-state index is 13.8. The number of hydrogen-bond donors (Lipinski definition) is 0. The molecule has 190 valence electrons. The van der Waals surface area contributed by atoms with E-state index >= 15 is 0 Å². The van der Waals surface area contributed by atoms with Gasteiger partial charge in [0.1, 0.15) is 17.9 Å². The van der Waals surface area contributed by atoms with Crippen LogP contribution in [0.5, 0.6) is 0 Å². The number of esters is 1. The first-order valence-electron chi connectivity index (χ1n) is 11.9. The fourth-order valence-corrected chi connectivity index (χ4v) is 4.68. The lowest BCUT2D eigenvalue weighted by atomic mass is 10.1. The molecule has 8 nitrogen and oxygen atoms in total. The maximum atomic E-state index is 13.8. The minimum absolute atomic E-state index is 0.000237. The van der Waals surface area contributed by atoms with E-state index in [-0.39, 0.29) is 29.8 Å². The van der Waals surface area contributed by atoms with Crippen molar-refractivity contribution in [2.45, 2.75) is 19.9 Å². The lowest BCUT2D eigenvalue weighted by Gasteiger charge is -2.40. The number of ether oxygens (including phenoxy) is 1. The fourth-order valence-electron chi connectivity index (χ4n) is 4.28. The van der Waals surface area contributed by atoms with Gasteiger partial charge in [-0.15, -0.1) is 0 Å². The number of carbonyl (C=O) groups is 3. The number of carbonyl (C=O) groups excluding carboxylic acids is 3. The summed E-state index contributed by atoms with van der Waals surface area (Å²) in [5.41, 5.74) is 1.67. The molecule has 1 unspecified atom stereocenters. The average molecular weight is 563 g/mol. The van der Waals surface area contributed by atoms with E-state index in [0.717, 1.165) is 10.0 Å². The van der Waals surface area contributed by atoms with E-state index in [9.17, 15) is 14.4 Å². The zero-order valence-electron chi connectivity index (χ0n) is 20.7. The first kappa shape index (κ1) is 26.2. The van der Waals surface area contributed by atoms with Crippen molar-refractivity contribution >= 4 is 33.7 Å². The number of halogens is 1. The summed E-state index contributed by atoms with van der Waals surface area (Å²) in [5.74, 6) is -0.844. The van der Waals surface area contributed by atoms with E-state index in [1.807, 2.05) is 49.4 Å². The standard InChI is InChI=1S/C28H27BrN4O4/c1-4-15-37-28(36)23-19(3)30-25(20-9-6-5-7-10-20)31-24(23)27(35)32-13-14-33(18(2)17-32)26(34)21-11-8-12-22(29)16-21/h4-12,16,18H,1,13-15,17H2,2-3H3. The van der Waals surface area contributed by atoms with E-state index < -0.39 is 11.9 Å². The van der Waals surface area contributed by atoms with Crippen molar-refractivity contribution in [3.63, 3.8) is 0 Å². The van der Waals surface area contributed by atoms with Crippen molar-refractivity contribution in [1.29, 1.82) is 0 Å². The van der Waals surface area contributed by atoms with Crippen LogP contribution in [0, 0.1) is 6.92 Å². The van der Waals surface area contributed by atoms with Gasteiger partial charge in [0, 0.05) is 41.3 Å². The fraction of sp³-hybridized carbons (Fsp3) is 0.250. The molecule has 2 heterocycles. The zero-order valence-corrected chi connectivity index (χ0v) is 22.3. The number of hydrogen-bond acceptors (Lipinski definition) is 6. The Labute approximate surface area is 224 Å². The van der Waals surface area contributed by atoms with E-state index in [0.29, 0.717) is 36.7 Å². The Balaban J connectivity index is 1.63. The van der Waals surface area contributed by atoms with E-state index in [1.54, 1.807) is 28.9 Å². The quantitative estimate of drug-likeness (QED) is 0.323. The van der Waals surface area contributed by atoms with Crippen LogP contribution in [-0.4, -0.2) is 69.8 Å². The van der Waals surface area contributed by atoms with Gasteiger partial charge in [-0.3, -0.25) is 9.59 Å². The van der Waals surface area contributed by atoms with Gasteiger partial charge in [-0.05, 0) is 32.0 Å². The molecule has 9 heteroatoms. The Morgan fingerprint density at radius 3 is 2.51 bits per heavy atom. The van der Waals surface area contributed by atoms with Crippen molar-refractivity contribution in [3.05, 3.63) is 94.2 Å². The highest BCUT2D eigenvalue weighted by molar-refractivity contribution is 9.10. The van der Waals surface area contributed by atoms with Gasteiger partial charge in [0.25, 0.3) is 11.8 Å². The first-order valence-corrected chi connectivity index (χ1v) is 12.7. The molecule has 0 spiro atoms. The Kier molecular flexibility index (Phi) is 8.13. The second kappa shape index (κ2) is 11.5. The summed E-state index contributed by atoms with van der Waals surface area (Å²) in [4.78, 5) is 52.2. The van der Waals surface area contributed by atoms with Crippen LogP contribution >= 0.6 is 15.9 Å². The largest absolute Gasteiger partial charge is 0.458 e. The summed E-state index contributed by atoms with van der Waals surface area (Å²) in [7, 11) is 0. The molecule has 1 atom stereocenters. The monoisotopic (exact) mass is 562 g/mol. The van der Waals surface area contributed by atoms with Crippen LogP contribution in [0.2, 0.25) is 0 Å². The topological polar surface area (TPSA) is 92.7 Å². The van der Waals surface area contributed by atoms with Crippen LogP contribution < -0.4 is 0 Å². The van der Waals surface area contributed by atoms with Crippen molar-refractivity contribution in [2.75, 3.05) is 26.2 Å². The second-order valence-electron chi connectivity index (χ2n) is 8.72. The van der Waals surface area contributed by atoms with Gasteiger partial charge in [-0.1, -0.05) is 65.0 Å². The molecule has 37 heavy (non-hydrogen) atoms. The van der Waals surface area contributed by atoms with Gasteiger partial charge >= 0.3 is 5.97 Å². The van der Waals surface area contributed by atoms with Crippen LogP contribution in [0.4, 0.5) is 0 Å². The molecular weight excluding hydrogens is 536 g/mol. The summed E-state index contributed by atoms with van der Waals surface area (Å²) in [5, 5.41) is 0.